The molecule has 2 rings (SSSR count). The molecule has 0 atom stereocenters. The molecule has 2 aromatic rings. The number of aryl methyl sites for hydroxylation is 1. The number of rotatable bonds is 5. The van der Waals surface area contributed by atoms with Crippen molar-refractivity contribution in [2.24, 2.45) is 0 Å². The molecule has 0 aliphatic rings. The molecule has 0 aliphatic carbocycles. The number of ether oxygens (including phenoxy) is 3. The third kappa shape index (κ3) is 3.75. The SMILES string of the molecule is COC(=O)c1ccc(OC)c(OCc2ccc(C)cc2)c1. The Morgan fingerprint density at radius 3 is 2.33 bits per heavy atom. The van der Waals surface area contributed by atoms with E-state index in [2.05, 4.69) is 0 Å². The predicted molar refractivity (Wildman–Crippen MR) is 79.8 cm³/mol. The zero-order valence-corrected chi connectivity index (χ0v) is 12.4. The number of methoxy groups -OCH3 is 2. The molecule has 0 radical (unpaired) electrons. The summed E-state index contributed by atoms with van der Waals surface area (Å²) in [5, 5.41) is 0. The molecule has 0 bridgehead atoms. The monoisotopic (exact) mass is 286 g/mol. The van der Waals surface area contributed by atoms with Crippen LogP contribution in [0.5, 0.6) is 11.5 Å². The summed E-state index contributed by atoms with van der Waals surface area (Å²) in [5.41, 5.74) is 2.67. The Kier molecular flexibility index (Phi) is 4.82. The summed E-state index contributed by atoms with van der Waals surface area (Å²) in [6, 6.07) is 13.0. The maximum absolute atomic E-state index is 11.6. The van der Waals surface area contributed by atoms with E-state index >= 15 is 0 Å². The maximum atomic E-state index is 11.6. The Bertz CT molecular complexity index is 617. The van der Waals surface area contributed by atoms with E-state index in [1.54, 1.807) is 25.3 Å². The molecule has 0 N–H and O–H groups in total. The van der Waals surface area contributed by atoms with Crippen molar-refractivity contribution in [3.05, 3.63) is 59.2 Å². The lowest BCUT2D eigenvalue weighted by molar-refractivity contribution is 0.0600. The van der Waals surface area contributed by atoms with Crippen LogP contribution in [-0.4, -0.2) is 20.2 Å². The van der Waals surface area contributed by atoms with Gasteiger partial charge in [-0.05, 0) is 30.7 Å². The predicted octanol–water partition coefficient (Wildman–Crippen LogP) is 3.37. The molecule has 2 aromatic carbocycles. The summed E-state index contributed by atoms with van der Waals surface area (Å²) in [5.74, 6) is 0.688. The fraction of sp³-hybridized carbons (Fsp3) is 0.235. The standard InChI is InChI=1S/C17H18O4/c1-12-4-6-13(7-5-12)11-21-16-10-14(17(18)20-3)8-9-15(16)19-2/h4-10H,11H2,1-3H3. The maximum Gasteiger partial charge on any atom is 0.337 e. The van der Waals surface area contributed by atoms with Crippen LogP contribution in [0.15, 0.2) is 42.5 Å². The summed E-state index contributed by atoms with van der Waals surface area (Å²) in [4.78, 5) is 11.6. The summed E-state index contributed by atoms with van der Waals surface area (Å²) < 4.78 is 15.7. The first-order chi connectivity index (χ1) is 10.1. The van der Waals surface area contributed by atoms with Crippen molar-refractivity contribution >= 4 is 5.97 Å². The molecule has 0 spiro atoms. The topological polar surface area (TPSA) is 44.8 Å². The van der Waals surface area contributed by atoms with Gasteiger partial charge in [0, 0.05) is 0 Å². The molecule has 0 aromatic heterocycles. The van der Waals surface area contributed by atoms with Gasteiger partial charge in [0.25, 0.3) is 0 Å². The largest absolute Gasteiger partial charge is 0.493 e. The van der Waals surface area contributed by atoms with Gasteiger partial charge in [0.1, 0.15) is 6.61 Å². The van der Waals surface area contributed by atoms with Gasteiger partial charge in [-0.25, -0.2) is 4.79 Å². The third-order valence-electron chi connectivity index (χ3n) is 3.10. The average molecular weight is 286 g/mol. The van der Waals surface area contributed by atoms with E-state index < -0.39 is 5.97 Å². The highest BCUT2D eigenvalue weighted by molar-refractivity contribution is 5.90. The Morgan fingerprint density at radius 1 is 1.00 bits per heavy atom. The fourth-order valence-electron chi connectivity index (χ4n) is 1.88. The van der Waals surface area contributed by atoms with E-state index in [0.29, 0.717) is 23.7 Å². The van der Waals surface area contributed by atoms with E-state index in [9.17, 15) is 4.79 Å². The lowest BCUT2D eigenvalue weighted by Gasteiger charge is -2.12. The Hall–Kier alpha value is -2.49. The van der Waals surface area contributed by atoms with Crippen molar-refractivity contribution in [1.29, 1.82) is 0 Å². The second kappa shape index (κ2) is 6.79. The highest BCUT2D eigenvalue weighted by Gasteiger charge is 2.11. The number of benzene rings is 2. The van der Waals surface area contributed by atoms with Gasteiger partial charge in [-0.2, -0.15) is 0 Å². The Labute approximate surface area is 124 Å². The summed E-state index contributed by atoms with van der Waals surface area (Å²) in [6.45, 7) is 2.44. The van der Waals surface area contributed by atoms with Crippen LogP contribution < -0.4 is 9.47 Å². The molecular weight excluding hydrogens is 268 g/mol. The molecule has 0 saturated carbocycles. The molecule has 21 heavy (non-hydrogen) atoms. The van der Waals surface area contributed by atoms with Crippen molar-refractivity contribution < 1.29 is 19.0 Å². The van der Waals surface area contributed by atoms with Gasteiger partial charge in [-0.1, -0.05) is 29.8 Å². The molecule has 110 valence electrons. The van der Waals surface area contributed by atoms with Crippen molar-refractivity contribution in [2.45, 2.75) is 13.5 Å². The van der Waals surface area contributed by atoms with Crippen LogP contribution in [0.2, 0.25) is 0 Å². The minimum atomic E-state index is -0.405. The van der Waals surface area contributed by atoms with E-state index in [0.717, 1.165) is 5.56 Å². The second-order valence-electron chi connectivity index (χ2n) is 4.63. The van der Waals surface area contributed by atoms with Crippen LogP contribution in [-0.2, 0) is 11.3 Å². The quantitative estimate of drug-likeness (QED) is 0.790. The molecule has 0 unspecified atom stereocenters. The van der Waals surface area contributed by atoms with E-state index in [4.69, 9.17) is 14.2 Å². The lowest BCUT2D eigenvalue weighted by Crippen LogP contribution is -2.03. The minimum absolute atomic E-state index is 0.404. The van der Waals surface area contributed by atoms with Crippen LogP contribution in [0.4, 0.5) is 0 Å². The number of hydrogen-bond acceptors (Lipinski definition) is 4. The molecule has 0 heterocycles. The Balaban J connectivity index is 2.17. The first kappa shape index (κ1) is 14.9. The van der Waals surface area contributed by atoms with Gasteiger partial charge in [-0.3, -0.25) is 0 Å². The lowest BCUT2D eigenvalue weighted by atomic mass is 10.1. The van der Waals surface area contributed by atoms with Crippen molar-refractivity contribution in [3.63, 3.8) is 0 Å². The zero-order valence-electron chi connectivity index (χ0n) is 12.4. The molecule has 0 aliphatic heterocycles. The highest BCUT2D eigenvalue weighted by Crippen LogP contribution is 2.29. The van der Waals surface area contributed by atoms with Gasteiger partial charge in [0.2, 0.25) is 0 Å². The number of carbonyl (C=O) groups is 1. The van der Waals surface area contributed by atoms with Gasteiger partial charge < -0.3 is 14.2 Å². The van der Waals surface area contributed by atoms with Crippen molar-refractivity contribution in [2.75, 3.05) is 14.2 Å². The van der Waals surface area contributed by atoms with Crippen molar-refractivity contribution in [3.8, 4) is 11.5 Å². The number of hydrogen-bond donors (Lipinski definition) is 0. The first-order valence-corrected chi connectivity index (χ1v) is 6.58. The minimum Gasteiger partial charge on any atom is -0.493 e. The number of esters is 1. The summed E-state index contributed by atoms with van der Waals surface area (Å²) in [6.07, 6.45) is 0. The molecular formula is C17H18O4. The van der Waals surface area contributed by atoms with Gasteiger partial charge in [0.15, 0.2) is 11.5 Å². The van der Waals surface area contributed by atoms with Crippen LogP contribution >= 0.6 is 0 Å². The van der Waals surface area contributed by atoms with E-state index in [1.165, 1.54) is 12.7 Å². The Morgan fingerprint density at radius 2 is 1.71 bits per heavy atom. The molecule has 0 fully saturated rings. The normalized spacial score (nSPS) is 10.0. The second-order valence-corrected chi connectivity index (χ2v) is 4.63. The van der Waals surface area contributed by atoms with Crippen LogP contribution in [0.1, 0.15) is 21.5 Å². The molecule has 0 saturated heterocycles. The first-order valence-electron chi connectivity index (χ1n) is 6.58. The average Bonchev–Trinajstić information content (AvgIpc) is 2.53. The van der Waals surface area contributed by atoms with Crippen LogP contribution in [0.3, 0.4) is 0 Å². The smallest absolute Gasteiger partial charge is 0.337 e. The van der Waals surface area contributed by atoms with E-state index in [-0.39, 0.29) is 0 Å². The van der Waals surface area contributed by atoms with Crippen molar-refractivity contribution in [1.82, 2.24) is 0 Å². The molecule has 0 amide bonds. The van der Waals surface area contributed by atoms with Gasteiger partial charge >= 0.3 is 5.97 Å². The van der Waals surface area contributed by atoms with Gasteiger partial charge in [-0.15, -0.1) is 0 Å². The third-order valence-corrected chi connectivity index (χ3v) is 3.10. The highest BCUT2D eigenvalue weighted by atomic mass is 16.5. The molecule has 4 nitrogen and oxygen atoms in total. The molecule has 4 heteroatoms. The fourth-order valence-corrected chi connectivity index (χ4v) is 1.88. The van der Waals surface area contributed by atoms with E-state index in [1.807, 2.05) is 31.2 Å². The number of carbonyl (C=O) groups excluding carboxylic acids is 1. The van der Waals surface area contributed by atoms with Gasteiger partial charge in [0.05, 0.1) is 19.8 Å². The summed E-state index contributed by atoms with van der Waals surface area (Å²) >= 11 is 0. The summed E-state index contributed by atoms with van der Waals surface area (Å²) in [7, 11) is 2.91. The van der Waals surface area contributed by atoms with Crippen LogP contribution in [0, 0.1) is 6.92 Å². The van der Waals surface area contributed by atoms with Crippen LogP contribution in [0.25, 0.3) is 0 Å². The zero-order chi connectivity index (χ0) is 15.2.